The topological polar surface area (TPSA) is 9.29 Å². The van der Waals surface area contributed by atoms with E-state index in [9.17, 15) is 0 Å². The van der Waals surface area contributed by atoms with E-state index < -0.39 is 0 Å². The second-order valence-corrected chi connectivity index (χ2v) is 4.39. The lowest BCUT2D eigenvalue weighted by Crippen LogP contribution is -1.85. The summed E-state index contributed by atoms with van der Waals surface area (Å²) in [5.41, 5.74) is 4.30. The zero-order chi connectivity index (χ0) is 12.0. The maximum atomic E-state index is 7.07. The van der Waals surface area contributed by atoms with E-state index >= 15 is 0 Å². The van der Waals surface area contributed by atoms with Crippen LogP contribution in [0.4, 0.5) is 5.69 Å². The number of hydrogen-bond donors (Lipinski definition) is 0. The lowest BCUT2D eigenvalue weighted by atomic mass is 10.1. The third kappa shape index (κ3) is 1.33. The highest BCUT2D eigenvalue weighted by Crippen LogP contribution is 2.31. The van der Waals surface area contributed by atoms with Gasteiger partial charge in [0.2, 0.25) is 0 Å². The first-order valence-electron chi connectivity index (χ1n) is 5.57. The first kappa shape index (κ1) is 9.92. The van der Waals surface area contributed by atoms with Gasteiger partial charge in [0.05, 0.1) is 6.57 Å². The van der Waals surface area contributed by atoms with E-state index in [1.807, 2.05) is 25.2 Å². The first-order chi connectivity index (χ1) is 8.20. The highest BCUT2D eigenvalue weighted by atomic mass is 14.9. The molecule has 0 fully saturated rings. The van der Waals surface area contributed by atoms with Crippen LogP contribution in [-0.2, 0) is 7.05 Å². The second kappa shape index (κ2) is 3.36. The van der Waals surface area contributed by atoms with Crippen LogP contribution in [0.25, 0.3) is 26.7 Å². The van der Waals surface area contributed by atoms with E-state index in [1.165, 1.54) is 21.9 Å². The monoisotopic (exact) mass is 220 g/mol. The van der Waals surface area contributed by atoms with Gasteiger partial charge < -0.3 is 4.57 Å². The standard InChI is InChI=1S/C15H12N2/c1-10-4-7-14-13(8-10)12-6-5-11(16-2)9-15(12)17(14)3/h4-9H,1,3H3. The molecule has 0 aliphatic heterocycles. The largest absolute Gasteiger partial charge is 0.345 e. The molecule has 2 heteroatoms. The van der Waals surface area contributed by atoms with E-state index in [4.69, 9.17) is 6.57 Å². The van der Waals surface area contributed by atoms with E-state index in [0.717, 1.165) is 5.52 Å². The summed E-state index contributed by atoms with van der Waals surface area (Å²) >= 11 is 0. The lowest BCUT2D eigenvalue weighted by Gasteiger charge is -1.98. The number of fused-ring (bicyclic) bond motifs is 3. The molecule has 0 spiro atoms. The van der Waals surface area contributed by atoms with Crippen LogP contribution in [0.15, 0.2) is 36.4 Å². The van der Waals surface area contributed by atoms with Crippen molar-refractivity contribution in [3.8, 4) is 0 Å². The molecule has 0 saturated carbocycles. The average molecular weight is 220 g/mol. The molecule has 17 heavy (non-hydrogen) atoms. The van der Waals surface area contributed by atoms with Crippen molar-refractivity contribution < 1.29 is 0 Å². The Morgan fingerprint density at radius 3 is 2.59 bits per heavy atom. The van der Waals surface area contributed by atoms with Crippen LogP contribution < -0.4 is 0 Å². The van der Waals surface area contributed by atoms with Crippen molar-refractivity contribution in [3.63, 3.8) is 0 Å². The fourth-order valence-corrected chi connectivity index (χ4v) is 2.38. The van der Waals surface area contributed by atoms with Crippen LogP contribution in [0.1, 0.15) is 5.56 Å². The molecule has 0 radical (unpaired) electrons. The molecule has 1 aromatic heterocycles. The molecule has 3 rings (SSSR count). The molecular formula is C15H12N2. The molecule has 0 aliphatic rings. The number of benzene rings is 2. The van der Waals surface area contributed by atoms with Gasteiger partial charge in [-0.2, -0.15) is 0 Å². The van der Waals surface area contributed by atoms with Crippen molar-refractivity contribution in [2.45, 2.75) is 6.92 Å². The normalized spacial score (nSPS) is 10.9. The van der Waals surface area contributed by atoms with Crippen LogP contribution in [0.2, 0.25) is 0 Å². The smallest absolute Gasteiger partial charge is 0.189 e. The third-order valence-electron chi connectivity index (χ3n) is 3.28. The molecule has 2 aromatic carbocycles. The molecule has 2 nitrogen and oxygen atoms in total. The van der Waals surface area contributed by atoms with Crippen molar-refractivity contribution in [1.82, 2.24) is 4.57 Å². The SMILES string of the molecule is [C-]#[N+]c1ccc2c3cc(C)ccc3n(C)c2c1. The molecule has 0 saturated heterocycles. The van der Waals surface area contributed by atoms with E-state index in [0.29, 0.717) is 5.69 Å². The summed E-state index contributed by atoms with van der Waals surface area (Å²) in [6, 6.07) is 12.4. The zero-order valence-electron chi connectivity index (χ0n) is 9.86. The molecule has 0 amide bonds. The molecule has 0 unspecified atom stereocenters. The molecular weight excluding hydrogens is 208 g/mol. The predicted molar refractivity (Wildman–Crippen MR) is 71.4 cm³/mol. The van der Waals surface area contributed by atoms with Gasteiger partial charge in [0, 0.05) is 28.9 Å². The van der Waals surface area contributed by atoms with Crippen molar-refractivity contribution in [1.29, 1.82) is 0 Å². The Bertz CT molecular complexity index is 773. The van der Waals surface area contributed by atoms with Gasteiger partial charge in [-0.1, -0.05) is 23.8 Å². The summed E-state index contributed by atoms with van der Waals surface area (Å²) in [7, 11) is 2.05. The van der Waals surface area contributed by atoms with Crippen molar-refractivity contribution in [2.75, 3.05) is 0 Å². The molecule has 1 heterocycles. The van der Waals surface area contributed by atoms with E-state index in [-0.39, 0.29) is 0 Å². The van der Waals surface area contributed by atoms with Crippen LogP contribution in [0.5, 0.6) is 0 Å². The Hall–Kier alpha value is -2.27. The minimum Gasteiger partial charge on any atom is -0.345 e. The Kier molecular flexibility index (Phi) is 1.96. The maximum absolute atomic E-state index is 7.07. The fourth-order valence-electron chi connectivity index (χ4n) is 2.38. The van der Waals surface area contributed by atoms with Gasteiger partial charge >= 0.3 is 0 Å². The number of aromatic nitrogens is 1. The van der Waals surface area contributed by atoms with E-state index in [1.54, 1.807) is 0 Å². The van der Waals surface area contributed by atoms with Gasteiger partial charge in [-0.25, -0.2) is 4.85 Å². The summed E-state index contributed by atoms with van der Waals surface area (Å²) in [4.78, 5) is 3.49. The average Bonchev–Trinajstić information content (AvgIpc) is 2.62. The summed E-state index contributed by atoms with van der Waals surface area (Å²) in [5.74, 6) is 0. The van der Waals surface area contributed by atoms with Crippen LogP contribution >= 0.6 is 0 Å². The number of hydrogen-bond acceptors (Lipinski definition) is 0. The zero-order valence-corrected chi connectivity index (χ0v) is 9.86. The molecule has 0 atom stereocenters. The first-order valence-corrected chi connectivity index (χ1v) is 5.57. The van der Waals surface area contributed by atoms with Crippen molar-refractivity contribution >= 4 is 27.5 Å². The molecule has 0 bridgehead atoms. The quantitative estimate of drug-likeness (QED) is 0.502. The second-order valence-electron chi connectivity index (χ2n) is 4.39. The van der Waals surface area contributed by atoms with Gasteiger partial charge in [0.1, 0.15) is 0 Å². The van der Waals surface area contributed by atoms with Gasteiger partial charge in [-0.15, -0.1) is 0 Å². The Labute approximate surface area is 99.9 Å². The summed E-state index contributed by atoms with van der Waals surface area (Å²) in [6.45, 7) is 9.18. The van der Waals surface area contributed by atoms with Crippen LogP contribution in [-0.4, -0.2) is 4.57 Å². The van der Waals surface area contributed by atoms with Gasteiger partial charge in [0.25, 0.3) is 0 Å². The summed E-state index contributed by atoms with van der Waals surface area (Å²) in [6.07, 6.45) is 0. The van der Waals surface area contributed by atoms with Gasteiger partial charge in [-0.3, -0.25) is 0 Å². The number of aryl methyl sites for hydroxylation is 2. The maximum Gasteiger partial charge on any atom is 0.189 e. The highest BCUT2D eigenvalue weighted by molar-refractivity contribution is 6.09. The Balaban J connectivity index is 2.55. The predicted octanol–water partition coefficient (Wildman–Crippen LogP) is 4.19. The van der Waals surface area contributed by atoms with Crippen molar-refractivity contribution in [2.24, 2.45) is 7.05 Å². The van der Waals surface area contributed by atoms with Gasteiger partial charge in [-0.05, 0) is 25.1 Å². The Morgan fingerprint density at radius 2 is 1.82 bits per heavy atom. The molecule has 82 valence electrons. The summed E-state index contributed by atoms with van der Waals surface area (Å²) in [5, 5.41) is 2.48. The minimum atomic E-state index is 0.695. The van der Waals surface area contributed by atoms with Crippen molar-refractivity contribution in [3.05, 3.63) is 53.4 Å². The molecule has 3 aromatic rings. The van der Waals surface area contributed by atoms with Crippen LogP contribution in [0, 0.1) is 13.5 Å². The number of rotatable bonds is 0. The highest BCUT2D eigenvalue weighted by Gasteiger charge is 2.08. The Morgan fingerprint density at radius 1 is 1.00 bits per heavy atom. The van der Waals surface area contributed by atoms with Crippen LogP contribution in [0.3, 0.4) is 0 Å². The van der Waals surface area contributed by atoms with E-state index in [2.05, 4.69) is 34.5 Å². The summed E-state index contributed by atoms with van der Waals surface area (Å²) < 4.78 is 2.15. The minimum absolute atomic E-state index is 0.695. The lowest BCUT2D eigenvalue weighted by molar-refractivity contribution is 1.01. The van der Waals surface area contributed by atoms with Gasteiger partial charge in [0.15, 0.2) is 5.69 Å². The fraction of sp³-hybridized carbons (Fsp3) is 0.133. The molecule has 0 aliphatic carbocycles. The third-order valence-corrected chi connectivity index (χ3v) is 3.28. The number of nitrogens with zero attached hydrogens (tertiary/aromatic N) is 2. The molecule has 0 N–H and O–H groups in total.